The van der Waals surface area contributed by atoms with Gasteiger partial charge in [-0.1, -0.05) is 34.7 Å². The molecule has 1 unspecified atom stereocenters. The Labute approximate surface area is 230 Å². The molecule has 0 fully saturated rings. The molecule has 0 radical (unpaired) electrons. The molecule has 2 aliphatic rings. The van der Waals surface area contributed by atoms with Gasteiger partial charge in [-0.05, 0) is 48.9 Å². The lowest BCUT2D eigenvalue weighted by Crippen LogP contribution is -2.38. The monoisotopic (exact) mass is 569 g/mol. The number of amides is 1. The zero-order valence-corrected chi connectivity index (χ0v) is 22.7. The number of thioether (sulfide) groups is 1. The van der Waals surface area contributed by atoms with Crippen molar-refractivity contribution >= 4 is 68.5 Å². The largest absolute Gasteiger partial charge is 0.384 e. The van der Waals surface area contributed by atoms with E-state index in [1.54, 1.807) is 23.2 Å². The SMILES string of the molecule is Cc1ccsc1C1C(C#N)=C(N)N(c2nnc(SCC(=O)Nc3cccnc3Cl)s2)C2=C1C(=O)CCC2. The highest BCUT2D eigenvalue weighted by Crippen LogP contribution is 2.48. The third-order valence-electron chi connectivity index (χ3n) is 6.02. The number of aromatic nitrogens is 3. The van der Waals surface area contributed by atoms with Crippen molar-refractivity contribution in [3.63, 3.8) is 0 Å². The molecule has 1 aliphatic carbocycles. The third kappa shape index (κ3) is 4.87. The number of aryl methyl sites for hydroxylation is 1. The fraction of sp³-hybridized carbons (Fsp3) is 0.250. The quantitative estimate of drug-likeness (QED) is 0.310. The first-order chi connectivity index (χ1) is 17.9. The number of anilines is 2. The second-order valence-corrected chi connectivity index (χ2v) is 11.8. The summed E-state index contributed by atoms with van der Waals surface area (Å²) in [5, 5.41) is 24.0. The Morgan fingerprint density at radius 1 is 1.38 bits per heavy atom. The number of Topliss-reactive ketones (excluding diaryl/α,β-unsaturated/α-hetero) is 1. The molecular weight excluding hydrogens is 550 g/mol. The summed E-state index contributed by atoms with van der Waals surface area (Å²) in [6, 6.07) is 7.60. The van der Waals surface area contributed by atoms with Gasteiger partial charge >= 0.3 is 0 Å². The van der Waals surface area contributed by atoms with E-state index < -0.39 is 5.92 Å². The number of carbonyl (C=O) groups is 2. The number of nitriles is 1. The van der Waals surface area contributed by atoms with Crippen LogP contribution < -0.4 is 16.0 Å². The number of nitrogens with one attached hydrogen (secondary N) is 1. The van der Waals surface area contributed by atoms with Gasteiger partial charge in [0.05, 0.1) is 29.0 Å². The minimum absolute atomic E-state index is 0.0224. The molecule has 0 saturated heterocycles. The highest BCUT2D eigenvalue weighted by atomic mass is 35.5. The molecule has 0 bridgehead atoms. The lowest BCUT2D eigenvalue weighted by atomic mass is 9.78. The van der Waals surface area contributed by atoms with Crippen molar-refractivity contribution in [3.05, 3.63) is 68.0 Å². The number of halogens is 1. The van der Waals surface area contributed by atoms with Crippen molar-refractivity contribution in [3.8, 4) is 6.07 Å². The molecule has 0 spiro atoms. The molecule has 1 atom stereocenters. The molecule has 37 heavy (non-hydrogen) atoms. The van der Waals surface area contributed by atoms with E-state index in [1.165, 1.54) is 34.4 Å². The molecular formula is C24H20ClN7O2S3. The van der Waals surface area contributed by atoms with E-state index in [-0.39, 0.29) is 28.4 Å². The van der Waals surface area contributed by atoms with E-state index in [4.69, 9.17) is 17.3 Å². The van der Waals surface area contributed by atoms with Crippen LogP contribution in [0, 0.1) is 18.3 Å². The molecule has 1 aliphatic heterocycles. The minimum atomic E-state index is -0.478. The lowest BCUT2D eigenvalue weighted by molar-refractivity contribution is -0.116. The topological polar surface area (TPSA) is 138 Å². The van der Waals surface area contributed by atoms with Crippen molar-refractivity contribution in [2.24, 2.45) is 5.73 Å². The van der Waals surface area contributed by atoms with Crippen LogP contribution in [0.3, 0.4) is 0 Å². The number of hydrogen-bond donors (Lipinski definition) is 2. The van der Waals surface area contributed by atoms with Gasteiger partial charge in [0.25, 0.3) is 0 Å². The smallest absolute Gasteiger partial charge is 0.234 e. The number of pyridine rings is 1. The van der Waals surface area contributed by atoms with Gasteiger partial charge in [0.1, 0.15) is 5.82 Å². The fourth-order valence-electron chi connectivity index (χ4n) is 4.39. The van der Waals surface area contributed by atoms with Gasteiger partial charge in [-0.2, -0.15) is 5.26 Å². The van der Waals surface area contributed by atoms with Gasteiger partial charge < -0.3 is 11.1 Å². The summed E-state index contributed by atoms with van der Waals surface area (Å²) in [6.45, 7) is 1.98. The van der Waals surface area contributed by atoms with Gasteiger partial charge in [0.15, 0.2) is 15.3 Å². The maximum atomic E-state index is 13.2. The maximum Gasteiger partial charge on any atom is 0.234 e. The fourth-order valence-corrected chi connectivity index (χ4v) is 7.28. The van der Waals surface area contributed by atoms with Crippen molar-refractivity contribution in [1.29, 1.82) is 5.26 Å². The second kappa shape index (κ2) is 10.6. The predicted molar refractivity (Wildman–Crippen MR) is 145 cm³/mol. The average molecular weight is 570 g/mol. The molecule has 3 N–H and O–H groups in total. The van der Waals surface area contributed by atoms with Crippen LogP contribution in [0.1, 0.15) is 35.6 Å². The molecule has 0 saturated carbocycles. The van der Waals surface area contributed by atoms with Crippen LogP contribution in [0.2, 0.25) is 5.15 Å². The zero-order chi connectivity index (χ0) is 26.1. The molecule has 3 aromatic rings. The van der Waals surface area contributed by atoms with Crippen molar-refractivity contribution in [2.75, 3.05) is 16.0 Å². The van der Waals surface area contributed by atoms with E-state index in [2.05, 4.69) is 26.6 Å². The van der Waals surface area contributed by atoms with Gasteiger partial charge in [0, 0.05) is 28.8 Å². The zero-order valence-electron chi connectivity index (χ0n) is 19.5. The number of nitrogens with two attached hydrogens (primary N) is 1. The predicted octanol–water partition coefficient (Wildman–Crippen LogP) is 4.99. The Balaban J connectivity index is 1.42. The molecule has 3 aromatic heterocycles. The third-order valence-corrected chi connectivity index (χ3v) is 9.45. The number of rotatable bonds is 6. The number of allylic oxidation sites excluding steroid dienone is 3. The number of ketones is 1. The Bertz CT molecular complexity index is 1500. The van der Waals surface area contributed by atoms with Crippen LogP contribution in [0.4, 0.5) is 10.8 Å². The first kappa shape index (κ1) is 25.4. The van der Waals surface area contributed by atoms with Crippen LogP contribution >= 0.6 is 46.0 Å². The van der Waals surface area contributed by atoms with Gasteiger partial charge in [-0.3, -0.25) is 14.5 Å². The summed E-state index contributed by atoms with van der Waals surface area (Å²) >= 11 is 9.99. The average Bonchev–Trinajstić information content (AvgIpc) is 3.52. The highest BCUT2D eigenvalue weighted by Gasteiger charge is 2.42. The van der Waals surface area contributed by atoms with Gasteiger partial charge in [0.2, 0.25) is 11.0 Å². The molecule has 188 valence electrons. The summed E-state index contributed by atoms with van der Waals surface area (Å²) in [7, 11) is 0. The Morgan fingerprint density at radius 2 is 2.22 bits per heavy atom. The van der Waals surface area contributed by atoms with E-state index >= 15 is 0 Å². The van der Waals surface area contributed by atoms with Crippen LogP contribution in [-0.4, -0.2) is 32.6 Å². The molecule has 5 rings (SSSR count). The Hall–Kier alpha value is -3.24. The van der Waals surface area contributed by atoms with Crippen molar-refractivity contribution in [2.45, 2.75) is 36.4 Å². The van der Waals surface area contributed by atoms with Crippen LogP contribution in [0.15, 0.2) is 56.8 Å². The van der Waals surface area contributed by atoms with E-state index in [0.717, 1.165) is 16.1 Å². The molecule has 4 heterocycles. The normalized spacial score (nSPS) is 17.6. The van der Waals surface area contributed by atoms with Crippen molar-refractivity contribution < 1.29 is 9.59 Å². The summed E-state index contributed by atoms with van der Waals surface area (Å²) in [4.78, 5) is 32.2. The summed E-state index contributed by atoms with van der Waals surface area (Å²) in [5.74, 6) is -0.382. The highest BCUT2D eigenvalue weighted by molar-refractivity contribution is 8.01. The van der Waals surface area contributed by atoms with E-state index in [0.29, 0.717) is 45.6 Å². The molecule has 1 amide bonds. The van der Waals surface area contributed by atoms with Gasteiger partial charge in [-0.15, -0.1) is 21.5 Å². The standard InChI is InChI=1S/C24H20ClN7O2S3/c1-12-7-9-35-20(12)18-13(10-26)22(27)32(15-5-2-6-16(33)19(15)18)23-30-31-24(37-23)36-11-17(34)29-14-4-3-8-28-21(14)25/h3-4,7-9,18H,2,5-6,11,27H2,1H3,(H,29,34). The number of nitrogens with zero attached hydrogens (tertiary/aromatic N) is 5. The van der Waals surface area contributed by atoms with Crippen LogP contribution in [0.5, 0.6) is 0 Å². The summed E-state index contributed by atoms with van der Waals surface area (Å²) in [5.41, 5.74) is 9.75. The number of carbonyl (C=O) groups excluding carboxylic acids is 2. The van der Waals surface area contributed by atoms with Crippen LogP contribution in [0.25, 0.3) is 0 Å². The Kier molecular flexibility index (Phi) is 7.30. The maximum absolute atomic E-state index is 13.2. The number of hydrogen-bond acceptors (Lipinski definition) is 11. The Morgan fingerprint density at radius 3 is 2.95 bits per heavy atom. The van der Waals surface area contributed by atoms with Gasteiger partial charge in [-0.25, -0.2) is 4.98 Å². The van der Waals surface area contributed by atoms with Crippen LogP contribution in [-0.2, 0) is 9.59 Å². The summed E-state index contributed by atoms with van der Waals surface area (Å²) in [6.07, 6.45) is 3.30. The molecule has 13 heteroatoms. The first-order valence-electron chi connectivity index (χ1n) is 11.3. The second-order valence-electron chi connectivity index (χ2n) is 8.31. The van der Waals surface area contributed by atoms with E-state index in [1.807, 2.05) is 18.4 Å². The lowest BCUT2D eigenvalue weighted by Gasteiger charge is -2.37. The van der Waals surface area contributed by atoms with Crippen molar-refractivity contribution in [1.82, 2.24) is 15.2 Å². The molecule has 0 aromatic carbocycles. The summed E-state index contributed by atoms with van der Waals surface area (Å²) < 4.78 is 0.550. The number of thiophene rings is 1. The minimum Gasteiger partial charge on any atom is -0.384 e. The first-order valence-corrected chi connectivity index (χ1v) is 14.3. The van der Waals surface area contributed by atoms with E-state index in [9.17, 15) is 14.9 Å². The molecule has 9 nitrogen and oxygen atoms in total.